The van der Waals surface area contributed by atoms with Crippen molar-refractivity contribution >= 4 is 23.2 Å². The fraction of sp³-hybridized carbons (Fsp3) is 0.600. The van der Waals surface area contributed by atoms with Crippen LogP contribution in [0.4, 0.5) is 0 Å². The zero-order valence-corrected chi connectivity index (χ0v) is 12.1. The molecule has 1 nitrogen and oxygen atoms in total. The zero-order chi connectivity index (χ0) is 12.7. The first-order chi connectivity index (χ1) is 8.72. The van der Waals surface area contributed by atoms with E-state index >= 15 is 0 Å². The Labute approximate surface area is 119 Å². The second-order valence-corrected chi connectivity index (χ2v) is 6.36. The second kappa shape index (κ2) is 5.03. The molecule has 3 unspecified atom stereocenters. The third-order valence-electron chi connectivity index (χ3n) is 4.58. The molecule has 98 valence electrons. The van der Waals surface area contributed by atoms with Crippen LogP contribution < -0.4 is 5.32 Å². The monoisotopic (exact) mass is 283 g/mol. The molecule has 0 bridgehead atoms. The van der Waals surface area contributed by atoms with Gasteiger partial charge in [-0.2, -0.15) is 0 Å². The van der Waals surface area contributed by atoms with Gasteiger partial charge in [0.1, 0.15) is 0 Å². The Morgan fingerprint density at radius 1 is 1.22 bits per heavy atom. The van der Waals surface area contributed by atoms with Crippen LogP contribution in [0.15, 0.2) is 18.2 Å². The van der Waals surface area contributed by atoms with E-state index in [4.69, 9.17) is 23.2 Å². The first kappa shape index (κ1) is 12.8. The molecule has 2 aliphatic rings. The van der Waals surface area contributed by atoms with E-state index < -0.39 is 0 Å². The van der Waals surface area contributed by atoms with Crippen molar-refractivity contribution in [1.82, 2.24) is 5.32 Å². The SMILES string of the molecule is CCNC(c1ccc(Cl)c(Cl)c1)C1C2CCCC21. The molecule has 18 heavy (non-hydrogen) atoms. The van der Waals surface area contributed by atoms with Gasteiger partial charge in [-0.25, -0.2) is 0 Å². The summed E-state index contributed by atoms with van der Waals surface area (Å²) >= 11 is 12.1. The van der Waals surface area contributed by atoms with Crippen molar-refractivity contribution in [2.75, 3.05) is 6.54 Å². The lowest BCUT2D eigenvalue weighted by Crippen LogP contribution is -2.24. The topological polar surface area (TPSA) is 12.0 Å². The van der Waals surface area contributed by atoms with Gasteiger partial charge in [-0.15, -0.1) is 0 Å². The van der Waals surface area contributed by atoms with Gasteiger partial charge in [-0.1, -0.05) is 42.6 Å². The number of fused-ring (bicyclic) bond motifs is 1. The third kappa shape index (κ3) is 2.17. The van der Waals surface area contributed by atoms with Crippen LogP contribution in [0, 0.1) is 17.8 Å². The number of nitrogens with one attached hydrogen (secondary N) is 1. The molecule has 1 aromatic rings. The van der Waals surface area contributed by atoms with Crippen LogP contribution in [0.1, 0.15) is 37.8 Å². The van der Waals surface area contributed by atoms with Crippen molar-refractivity contribution < 1.29 is 0 Å². The molecule has 0 heterocycles. The molecule has 3 rings (SSSR count). The van der Waals surface area contributed by atoms with Gasteiger partial charge in [-0.05, 0) is 54.8 Å². The predicted molar refractivity (Wildman–Crippen MR) is 77.2 cm³/mol. The molecule has 2 aliphatic carbocycles. The van der Waals surface area contributed by atoms with E-state index in [0.29, 0.717) is 16.1 Å². The minimum atomic E-state index is 0.458. The fourth-order valence-electron chi connectivity index (χ4n) is 3.77. The van der Waals surface area contributed by atoms with Gasteiger partial charge < -0.3 is 5.32 Å². The lowest BCUT2D eigenvalue weighted by Gasteiger charge is -2.21. The molecule has 0 radical (unpaired) electrons. The fourth-order valence-corrected chi connectivity index (χ4v) is 4.08. The number of halogens is 2. The summed E-state index contributed by atoms with van der Waals surface area (Å²) in [5.74, 6) is 2.71. The Bertz CT molecular complexity index is 436. The molecule has 2 saturated carbocycles. The highest BCUT2D eigenvalue weighted by Crippen LogP contribution is 2.62. The molecular formula is C15H19Cl2N. The molecular weight excluding hydrogens is 265 g/mol. The van der Waals surface area contributed by atoms with Gasteiger partial charge in [0.25, 0.3) is 0 Å². The molecule has 1 N–H and O–H groups in total. The number of hydrogen-bond acceptors (Lipinski definition) is 1. The van der Waals surface area contributed by atoms with Gasteiger partial charge in [0.05, 0.1) is 10.0 Å². The molecule has 0 saturated heterocycles. The first-order valence-corrected chi connectivity index (χ1v) is 7.66. The number of rotatable bonds is 4. The van der Waals surface area contributed by atoms with Crippen LogP contribution in [0.2, 0.25) is 10.0 Å². The Hall–Kier alpha value is -0.240. The van der Waals surface area contributed by atoms with Crippen LogP contribution in [0.25, 0.3) is 0 Å². The quantitative estimate of drug-likeness (QED) is 0.845. The highest BCUT2D eigenvalue weighted by Gasteiger charge is 2.55. The Balaban J connectivity index is 1.83. The maximum absolute atomic E-state index is 6.14. The number of hydrogen-bond donors (Lipinski definition) is 1. The molecule has 0 amide bonds. The summed E-state index contributed by atoms with van der Waals surface area (Å²) in [6.45, 7) is 3.17. The molecule has 0 aliphatic heterocycles. The van der Waals surface area contributed by atoms with Crippen LogP contribution in [-0.2, 0) is 0 Å². The van der Waals surface area contributed by atoms with Crippen molar-refractivity contribution in [2.24, 2.45) is 17.8 Å². The Morgan fingerprint density at radius 3 is 2.56 bits per heavy atom. The molecule has 3 heteroatoms. The van der Waals surface area contributed by atoms with Gasteiger partial charge in [-0.3, -0.25) is 0 Å². The summed E-state index contributed by atoms with van der Waals surface area (Å²) in [5, 5.41) is 4.95. The lowest BCUT2D eigenvalue weighted by atomic mass is 9.97. The van der Waals surface area contributed by atoms with Gasteiger partial charge >= 0.3 is 0 Å². The van der Waals surface area contributed by atoms with Crippen LogP contribution in [0.5, 0.6) is 0 Å². The van der Waals surface area contributed by atoms with Crippen LogP contribution >= 0.6 is 23.2 Å². The van der Waals surface area contributed by atoms with Crippen molar-refractivity contribution in [2.45, 2.75) is 32.2 Å². The molecule has 0 aromatic heterocycles. The summed E-state index contributed by atoms with van der Waals surface area (Å²) in [4.78, 5) is 0. The summed E-state index contributed by atoms with van der Waals surface area (Å²) < 4.78 is 0. The maximum Gasteiger partial charge on any atom is 0.0595 e. The highest BCUT2D eigenvalue weighted by atomic mass is 35.5. The Morgan fingerprint density at radius 2 is 1.94 bits per heavy atom. The van der Waals surface area contributed by atoms with E-state index in [0.717, 1.165) is 24.3 Å². The number of benzene rings is 1. The lowest BCUT2D eigenvalue weighted by molar-refractivity contribution is 0.426. The van der Waals surface area contributed by atoms with Crippen molar-refractivity contribution in [1.29, 1.82) is 0 Å². The van der Waals surface area contributed by atoms with Gasteiger partial charge in [0.15, 0.2) is 0 Å². The van der Waals surface area contributed by atoms with Crippen molar-refractivity contribution in [3.05, 3.63) is 33.8 Å². The van der Waals surface area contributed by atoms with E-state index in [1.54, 1.807) is 0 Å². The highest BCUT2D eigenvalue weighted by molar-refractivity contribution is 6.42. The molecule has 1 aromatic carbocycles. The maximum atomic E-state index is 6.14. The summed E-state index contributed by atoms with van der Waals surface area (Å²) in [6.07, 6.45) is 4.25. The van der Waals surface area contributed by atoms with E-state index in [1.165, 1.54) is 24.8 Å². The first-order valence-electron chi connectivity index (χ1n) is 6.90. The minimum Gasteiger partial charge on any atom is -0.310 e. The minimum absolute atomic E-state index is 0.458. The second-order valence-electron chi connectivity index (χ2n) is 5.54. The third-order valence-corrected chi connectivity index (χ3v) is 5.32. The predicted octanol–water partition coefficient (Wildman–Crippen LogP) is 4.69. The largest absolute Gasteiger partial charge is 0.310 e. The summed E-state index contributed by atoms with van der Waals surface area (Å²) in [7, 11) is 0. The average molecular weight is 284 g/mol. The van der Waals surface area contributed by atoms with E-state index in [9.17, 15) is 0 Å². The van der Waals surface area contributed by atoms with Gasteiger partial charge in [0.2, 0.25) is 0 Å². The Kier molecular flexibility index (Phi) is 3.57. The average Bonchev–Trinajstić information content (AvgIpc) is 2.82. The summed E-state index contributed by atoms with van der Waals surface area (Å²) in [6, 6.07) is 6.53. The van der Waals surface area contributed by atoms with Crippen molar-refractivity contribution in [3.8, 4) is 0 Å². The van der Waals surface area contributed by atoms with E-state index in [1.807, 2.05) is 12.1 Å². The van der Waals surface area contributed by atoms with Crippen LogP contribution in [0.3, 0.4) is 0 Å². The van der Waals surface area contributed by atoms with Crippen molar-refractivity contribution in [3.63, 3.8) is 0 Å². The molecule has 3 atom stereocenters. The smallest absolute Gasteiger partial charge is 0.0595 e. The van der Waals surface area contributed by atoms with Crippen LogP contribution in [-0.4, -0.2) is 6.54 Å². The summed E-state index contributed by atoms with van der Waals surface area (Å²) in [5.41, 5.74) is 1.30. The molecule has 2 fully saturated rings. The normalized spacial score (nSPS) is 31.2. The standard InChI is InChI=1S/C15H19Cl2N/c1-2-18-15(14-10-4-3-5-11(10)14)9-6-7-12(16)13(17)8-9/h6-8,10-11,14-15,18H,2-5H2,1H3. The molecule has 0 spiro atoms. The van der Waals surface area contributed by atoms with Gasteiger partial charge in [0, 0.05) is 6.04 Å². The van der Waals surface area contributed by atoms with E-state index in [2.05, 4.69) is 18.3 Å². The zero-order valence-electron chi connectivity index (χ0n) is 10.6. The van der Waals surface area contributed by atoms with E-state index in [-0.39, 0.29) is 0 Å².